The number of fused-ring (bicyclic) bond motifs is 1. The van der Waals surface area contributed by atoms with Crippen molar-refractivity contribution in [2.24, 2.45) is 19.8 Å². The number of rotatable bonds is 3. The van der Waals surface area contributed by atoms with Gasteiger partial charge in [0.05, 0.1) is 6.20 Å². The summed E-state index contributed by atoms with van der Waals surface area (Å²) in [5, 5.41) is 2.93. The zero-order valence-electron chi connectivity index (χ0n) is 10.2. The molecule has 96 valence electrons. The van der Waals surface area contributed by atoms with Gasteiger partial charge in [0.15, 0.2) is 11.2 Å². The summed E-state index contributed by atoms with van der Waals surface area (Å²) < 4.78 is 2.29. The van der Waals surface area contributed by atoms with Crippen LogP contribution in [0.1, 0.15) is 0 Å². The minimum Gasteiger partial charge on any atom is -0.368 e. The van der Waals surface area contributed by atoms with Gasteiger partial charge < -0.3 is 11.1 Å². The van der Waals surface area contributed by atoms with Crippen LogP contribution in [-0.4, -0.2) is 32.2 Å². The predicted octanol–water partition coefficient (Wildman–Crippen LogP) is -1.60. The molecular formula is C10H14N6O2. The first kappa shape index (κ1) is 12.2. The molecule has 2 rings (SSSR count). The lowest BCUT2D eigenvalue weighted by Crippen LogP contribution is -2.37. The number of aryl methyl sites for hydroxylation is 1. The molecule has 0 bridgehead atoms. The fourth-order valence-electron chi connectivity index (χ4n) is 1.62. The lowest BCUT2D eigenvalue weighted by atomic mass is 10.4. The van der Waals surface area contributed by atoms with Gasteiger partial charge in [-0.1, -0.05) is 0 Å². The molecule has 0 spiro atoms. The van der Waals surface area contributed by atoms with Gasteiger partial charge in [0.2, 0.25) is 0 Å². The summed E-state index contributed by atoms with van der Waals surface area (Å²) >= 11 is 0. The maximum Gasteiger partial charge on any atom is 0.332 e. The van der Waals surface area contributed by atoms with Crippen LogP contribution < -0.4 is 22.3 Å². The number of aromatic nitrogens is 4. The lowest BCUT2D eigenvalue weighted by molar-refractivity contribution is 0.704. The van der Waals surface area contributed by atoms with E-state index in [-0.39, 0.29) is 11.2 Å². The maximum absolute atomic E-state index is 11.9. The fraction of sp³-hybridized carbons (Fsp3) is 0.400. The molecule has 0 aliphatic carbocycles. The summed E-state index contributed by atoms with van der Waals surface area (Å²) in [6.07, 6.45) is 1.47. The van der Waals surface area contributed by atoms with Crippen molar-refractivity contribution < 1.29 is 0 Å². The van der Waals surface area contributed by atoms with Gasteiger partial charge in [-0.2, -0.15) is 0 Å². The van der Waals surface area contributed by atoms with Crippen LogP contribution in [0.2, 0.25) is 0 Å². The van der Waals surface area contributed by atoms with E-state index in [1.165, 1.54) is 17.8 Å². The Hall–Kier alpha value is -2.22. The first-order valence-electron chi connectivity index (χ1n) is 5.43. The lowest BCUT2D eigenvalue weighted by Gasteiger charge is -2.08. The largest absolute Gasteiger partial charge is 0.368 e. The van der Waals surface area contributed by atoms with Crippen LogP contribution in [0.5, 0.6) is 0 Å². The molecule has 0 saturated carbocycles. The van der Waals surface area contributed by atoms with Gasteiger partial charge in [-0.25, -0.2) is 14.8 Å². The van der Waals surface area contributed by atoms with Gasteiger partial charge in [-0.3, -0.25) is 13.9 Å². The highest BCUT2D eigenvalue weighted by atomic mass is 16.2. The molecule has 18 heavy (non-hydrogen) atoms. The highest BCUT2D eigenvalue weighted by molar-refractivity contribution is 5.70. The van der Waals surface area contributed by atoms with E-state index in [4.69, 9.17) is 5.73 Å². The zero-order valence-corrected chi connectivity index (χ0v) is 10.2. The second-order valence-electron chi connectivity index (χ2n) is 3.85. The number of hydrogen-bond acceptors (Lipinski definition) is 6. The maximum atomic E-state index is 11.9. The number of hydrogen-bond donors (Lipinski definition) is 2. The molecule has 0 aliphatic rings. The van der Waals surface area contributed by atoms with Crippen molar-refractivity contribution >= 4 is 17.0 Å². The molecule has 3 N–H and O–H groups in total. The van der Waals surface area contributed by atoms with Crippen molar-refractivity contribution in [1.29, 1.82) is 0 Å². The summed E-state index contributed by atoms with van der Waals surface area (Å²) in [7, 11) is 2.96. The van der Waals surface area contributed by atoms with Gasteiger partial charge in [0, 0.05) is 27.2 Å². The SMILES string of the molecule is Cn1c(=O)c2nc(NCCN)cnc2n(C)c1=O. The monoisotopic (exact) mass is 250 g/mol. The second-order valence-corrected chi connectivity index (χ2v) is 3.85. The fourth-order valence-corrected chi connectivity index (χ4v) is 1.62. The summed E-state index contributed by atoms with van der Waals surface area (Å²) in [6.45, 7) is 0.983. The van der Waals surface area contributed by atoms with Crippen molar-refractivity contribution in [3.8, 4) is 0 Å². The highest BCUT2D eigenvalue weighted by Gasteiger charge is 2.11. The number of anilines is 1. The Kier molecular flexibility index (Phi) is 3.11. The molecule has 8 heteroatoms. The van der Waals surface area contributed by atoms with Gasteiger partial charge in [-0.15, -0.1) is 0 Å². The standard InChI is InChI=1S/C10H14N6O2/c1-15-8-7(9(17)16(2)10(15)18)14-6(5-13-8)12-4-3-11/h5H,3-4,11H2,1-2H3,(H,12,14). The van der Waals surface area contributed by atoms with Crippen LogP contribution in [-0.2, 0) is 14.1 Å². The molecule has 0 aromatic carbocycles. The van der Waals surface area contributed by atoms with Gasteiger partial charge in [0.25, 0.3) is 5.56 Å². The molecular weight excluding hydrogens is 236 g/mol. The van der Waals surface area contributed by atoms with E-state index in [0.717, 1.165) is 4.57 Å². The van der Waals surface area contributed by atoms with E-state index < -0.39 is 11.2 Å². The Labute approximate surface area is 102 Å². The average Bonchev–Trinajstić information content (AvgIpc) is 2.40. The molecule has 0 radical (unpaired) electrons. The first-order chi connectivity index (χ1) is 8.56. The first-order valence-corrected chi connectivity index (χ1v) is 5.43. The van der Waals surface area contributed by atoms with Crippen LogP contribution in [0, 0.1) is 0 Å². The molecule has 0 aliphatic heterocycles. The van der Waals surface area contributed by atoms with Crippen molar-refractivity contribution in [2.45, 2.75) is 0 Å². The molecule has 0 amide bonds. The van der Waals surface area contributed by atoms with Crippen LogP contribution in [0.3, 0.4) is 0 Å². The normalized spacial score (nSPS) is 10.8. The summed E-state index contributed by atoms with van der Waals surface area (Å²) in [5.74, 6) is 0.462. The Morgan fingerprint density at radius 3 is 2.72 bits per heavy atom. The molecule has 2 aromatic rings. The molecule has 0 unspecified atom stereocenters. The second kappa shape index (κ2) is 4.57. The topological polar surface area (TPSA) is 108 Å². The Morgan fingerprint density at radius 1 is 1.33 bits per heavy atom. The van der Waals surface area contributed by atoms with Crippen molar-refractivity contribution in [1.82, 2.24) is 19.1 Å². The third kappa shape index (κ3) is 1.86. The smallest absolute Gasteiger partial charge is 0.332 e. The van der Waals surface area contributed by atoms with Gasteiger partial charge >= 0.3 is 5.69 Å². The van der Waals surface area contributed by atoms with Crippen molar-refractivity contribution in [3.05, 3.63) is 27.0 Å². The molecule has 8 nitrogen and oxygen atoms in total. The van der Waals surface area contributed by atoms with Crippen molar-refractivity contribution in [2.75, 3.05) is 18.4 Å². The molecule has 2 heterocycles. The van der Waals surface area contributed by atoms with Crippen LogP contribution in [0.4, 0.5) is 5.82 Å². The van der Waals surface area contributed by atoms with Crippen LogP contribution in [0.25, 0.3) is 11.2 Å². The van der Waals surface area contributed by atoms with Gasteiger partial charge in [-0.05, 0) is 0 Å². The van der Waals surface area contributed by atoms with E-state index in [9.17, 15) is 9.59 Å². The quantitative estimate of drug-likeness (QED) is 0.679. The van der Waals surface area contributed by atoms with Crippen LogP contribution >= 0.6 is 0 Å². The summed E-state index contributed by atoms with van der Waals surface area (Å²) in [6, 6.07) is 0. The number of nitrogens with zero attached hydrogens (tertiary/aromatic N) is 4. The third-order valence-electron chi connectivity index (χ3n) is 2.60. The average molecular weight is 250 g/mol. The van der Waals surface area contributed by atoms with Crippen LogP contribution in [0.15, 0.2) is 15.8 Å². The Bertz CT molecular complexity index is 702. The number of nitrogens with one attached hydrogen (secondary N) is 1. The minimum absolute atomic E-state index is 0.154. The predicted molar refractivity (Wildman–Crippen MR) is 67.6 cm³/mol. The van der Waals surface area contributed by atoms with E-state index >= 15 is 0 Å². The third-order valence-corrected chi connectivity index (χ3v) is 2.60. The summed E-state index contributed by atoms with van der Waals surface area (Å²) in [4.78, 5) is 31.8. The molecule has 2 aromatic heterocycles. The van der Waals surface area contributed by atoms with Crippen molar-refractivity contribution in [3.63, 3.8) is 0 Å². The molecule has 0 saturated heterocycles. The highest BCUT2D eigenvalue weighted by Crippen LogP contribution is 2.05. The van der Waals surface area contributed by atoms with Gasteiger partial charge in [0.1, 0.15) is 5.82 Å². The summed E-state index contributed by atoms with van der Waals surface area (Å²) in [5.41, 5.74) is 4.90. The van der Waals surface area contributed by atoms with E-state index in [1.54, 1.807) is 7.05 Å². The molecule has 0 atom stereocenters. The van der Waals surface area contributed by atoms with E-state index in [0.29, 0.717) is 18.9 Å². The Morgan fingerprint density at radius 2 is 2.06 bits per heavy atom. The minimum atomic E-state index is -0.461. The number of nitrogens with two attached hydrogens (primary N) is 1. The Balaban J connectivity index is 2.70. The van der Waals surface area contributed by atoms with E-state index in [2.05, 4.69) is 15.3 Å². The molecule has 0 fully saturated rings. The van der Waals surface area contributed by atoms with E-state index in [1.807, 2.05) is 0 Å². The zero-order chi connectivity index (χ0) is 13.3.